The van der Waals surface area contributed by atoms with E-state index in [9.17, 15) is 0 Å². The van der Waals surface area contributed by atoms with Gasteiger partial charge in [0, 0.05) is 5.02 Å². The van der Waals surface area contributed by atoms with E-state index < -0.39 is 0 Å². The fourth-order valence-corrected chi connectivity index (χ4v) is 1.41. The van der Waals surface area contributed by atoms with Crippen LogP contribution in [-0.2, 0) is 0 Å². The van der Waals surface area contributed by atoms with Crippen molar-refractivity contribution in [1.29, 1.82) is 0 Å². The third kappa shape index (κ3) is 3.05. The van der Waals surface area contributed by atoms with Crippen LogP contribution in [0.5, 0.6) is 11.5 Å². The Morgan fingerprint density at radius 2 is 1.75 bits per heavy atom. The summed E-state index contributed by atoms with van der Waals surface area (Å²) >= 11 is 5.84. The van der Waals surface area contributed by atoms with Crippen LogP contribution >= 0.6 is 24.0 Å². The number of nitrogens with two attached hydrogens (primary N) is 1. The Kier molecular flexibility index (Phi) is 4.47. The molecule has 0 fully saturated rings. The van der Waals surface area contributed by atoms with Gasteiger partial charge in [0.1, 0.15) is 11.5 Å². The Morgan fingerprint density at radius 1 is 1.00 bits per heavy atom. The number of rotatable bonds is 2. The van der Waals surface area contributed by atoms with Crippen LogP contribution in [0.3, 0.4) is 0 Å². The van der Waals surface area contributed by atoms with Crippen LogP contribution in [-0.4, -0.2) is 0 Å². The van der Waals surface area contributed by atoms with Crippen LogP contribution in [0.25, 0.3) is 0 Å². The maximum absolute atomic E-state index is 5.84. The van der Waals surface area contributed by atoms with Gasteiger partial charge in [0.2, 0.25) is 0 Å². The van der Waals surface area contributed by atoms with Crippen molar-refractivity contribution < 1.29 is 4.74 Å². The van der Waals surface area contributed by atoms with Gasteiger partial charge in [-0.15, -0.1) is 12.4 Å². The van der Waals surface area contributed by atoms with Crippen LogP contribution < -0.4 is 10.5 Å². The van der Waals surface area contributed by atoms with Gasteiger partial charge in [0.15, 0.2) is 0 Å². The fourth-order valence-electron chi connectivity index (χ4n) is 1.23. The molecule has 0 bridgehead atoms. The second-order valence-electron chi connectivity index (χ2n) is 3.10. The molecular formula is C12H11Cl2NO. The maximum atomic E-state index is 5.84. The lowest BCUT2D eigenvalue weighted by molar-refractivity contribution is 0.485. The third-order valence-corrected chi connectivity index (χ3v) is 2.18. The minimum absolute atomic E-state index is 0. The minimum atomic E-state index is 0. The molecule has 0 radical (unpaired) electrons. The molecule has 4 heteroatoms. The summed E-state index contributed by atoms with van der Waals surface area (Å²) in [5.74, 6) is 1.32. The van der Waals surface area contributed by atoms with Gasteiger partial charge in [-0.3, -0.25) is 0 Å². The second-order valence-corrected chi connectivity index (χ2v) is 3.53. The van der Waals surface area contributed by atoms with E-state index >= 15 is 0 Å². The molecule has 2 aromatic carbocycles. The van der Waals surface area contributed by atoms with E-state index in [-0.39, 0.29) is 12.4 Å². The van der Waals surface area contributed by atoms with Crippen molar-refractivity contribution in [2.45, 2.75) is 0 Å². The van der Waals surface area contributed by atoms with E-state index in [0.29, 0.717) is 22.2 Å². The number of nitrogen functional groups attached to an aromatic ring is 1. The van der Waals surface area contributed by atoms with Crippen molar-refractivity contribution in [3.05, 3.63) is 53.6 Å². The lowest BCUT2D eigenvalue weighted by Crippen LogP contribution is -1.90. The maximum Gasteiger partial charge on any atom is 0.150 e. The number of hydrogen-bond acceptors (Lipinski definition) is 2. The van der Waals surface area contributed by atoms with Crippen molar-refractivity contribution >= 4 is 29.7 Å². The first kappa shape index (κ1) is 12.7. The first-order chi connectivity index (χ1) is 7.25. The zero-order valence-corrected chi connectivity index (χ0v) is 9.96. The highest BCUT2D eigenvalue weighted by molar-refractivity contribution is 6.30. The summed E-state index contributed by atoms with van der Waals surface area (Å²) in [4.78, 5) is 0. The van der Waals surface area contributed by atoms with Gasteiger partial charge in [-0.05, 0) is 30.3 Å². The molecule has 0 saturated heterocycles. The Hall–Kier alpha value is -1.38. The fraction of sp³-hybridized carbons (Fsp3) is 0. The van der Waals surface area contributed by atoms with Crippen molar-refractivity contribution in [2.24, 2.45) is 0 Å². The molecule has 0 aliphatic rings. The largest absolute Gasteiger partial charge is 0.455 e. The lowest BCUT2D eigenvalue weighted by atomic mass is 10.3. The molecule has 2 aromatic rings. The smallest absolute Gasteiger partial charge is 0.150 e. The normalized spacial score (nSPS) is 9.31. The number of anilines is 1. The predicted molar refractivity (Wildman–Crippen MR) is 69.6 cm³/mol. The molecule has 0 atom stereocenters. The topological polar surface area (TPSA) is 35.2 Å². The van der Waals surface area contributed by atoms with Gasteiger partial charge in [0.25, 0.3) is 0 Å². The highest BCUT2D eigenvalue weighted by Gasteiger charge is 2.00. The SMILES string of the molecule is Cl.Nc1ccccc1Oc1cccc(Cl)c1. The van der Waals surface area contributed by atoms with Crippen molar-refractivity contribution in [3.63, 3.8) is 0 Å². The van der Waals surface area contributed by atoms with Crippen LogP contribution in [0.4, 0.5) is 5.69 Å². The average Bonchev–Trinajstić information content (AvgIpc) is 2.22. The quantitative estimate of drug-likeness (QED) is 0.819. The number of para-hydroxylation sites is 2. The van der Waals surface area contributed by atoms with Gasteiger partial charge in [-0.1, -0.05) is 29.8 Å². The van der Waals surface area contributed by atoms with Crippen molar-refractivity contribution in [3.8, 4) is 11.5 Å². The van der Waals surface area contributed by atoms with Gasteiger partial charge >= 0.3 is 0 Å². The molecule has 84 valence electrons. The van der Waals surface area contributed by atoms with Crippen LogP contribution in [0.15, 0.2) is 48.5 Å². The average molecular weight is 256 g/mol. The van der Waals surface area contributed by atoms with E-state index in [1.807, 2.05) is 30.3 Å². The summed E-state index contributed by atoms with van der Waals surface area (Å²) < 4.78 is 5.58. The molecular weight excluding hydrogens is 245 g/mol. The Morgan fingerprint density at radius 3 is 2.44 bits per heavy atom. The summed E-state index contributed by atoms with van der Waals surface area (Å²) in [7, 11) is 0. The lowest BCUT2D eigenvalue weighted by Gasteiger charge is -2.07. The molecule has 0 amide bonds. The van der Waals surface area contributed by atoms with Crippen LogP contribution in [0.2, 0.25) is 5.02 Å². The summed E-state index contributed by atoms with van der Waals surface area (Å²) in [5, 5.41) is 0.641. The minimum Gasteiger partial charge on any atom is -0.455 e. The van der Waals surface area contributed by atoms with Crippen LogP contribution in [0.1, 0.15) is 0 Å². The zero-order chi connectivity index (χ0) is 10.7. The van der Waals surface area contributed by atoms with Gasteiger partial charge < -0.3 is 10.5 Å². The second kappa shape index (κ2) is 5.64. The molecule has 2 N–H and O–H groups in total. The molecule has 0 aliphatic carbocycles. The molecule has 0 saturated carbocycles. The summed E-state index contributed by atoms with van der Waals surface area (Å²) in [6, 6.07) is 14.5. The highest BCUT2D eigenvalue weighted by atomic mass is 35.5. The Labute approximate surface area is 105 Å². The summed E-state index contributed by atoms with van der Waals surface area (Å²) in [5.41, 5.74) is 6.36. The summed E-state index contributed by atoms with van der Waals surface area (Å²) in [6.45, 7) is 0. The monoisotopic (exact) mass is 255 g/mol. The van der Waals surface area contributed by atoms with Crippen molar-refractivity contribution in [2.75, 3.05) is 5.73 Å². The Bertz CT molecular complexity index is 474. The first-order valence-electron chi connectivity index (χ1n) is 4.53. The summed E-state index contributed by atoms with van der Waals surface area (Å²) in [6.07, 6.45) is 0. The number of benzene rings is 2. The van der Waals surface area contributed by atoms with Crippen molar-refractivity contribution in [1.82, 2.24) is 0 Å². The van der Waals surface area contributed by atoms with Gasteiger partial charge in [-0.25, -0.2) is 0 Å². The standard InChI is InChI=1S/C12H10ClNO.ClH/c13-9-4-3-5-10(8-9)15-12-7-2-1-6-11(12)14;/h1-8H,14H2;1H. The number of halogens is 2. The molecule has 2 rings (SSSR count). The predicted octanol–water partition coefficient (Wildman–Crippen LogP) is 4.14. The van der Waals surface area contributed by atoms with Gasteiger partial charge in [0.05, 0.1) is 5.69 Å². The van der Waals surface area contributed by atoms with E-state index in [4.69, 9.17) is 22.1 Å². The molecule has 0 aromatic heterocycles. The third-order valence-electron chi connectivity index (χ3n) is 1.94. The van der Waals surface area contributed by atoms with Crippen LogP contribution in [0, 0.1) is 0 Å². The molecule has 0 spiro atoms. The number of hydrogen-bond donors (Lipinski definition) is 1. The molecule has 0 aliphatic heterocycles. The molecule has 16 heavy (non-hydrogen) atoms. The van der Waals surface area contributed by atoms with E-state index in [1.54, 1.807) is 18.2 Å². The van der Waals surface area contributed by atoms with E-state index in [1.165, 1.54) is 0 Å². The van der Waals surface area contributed by atoms with E-state index in [0.717, 1.165) is 0 Å². The molecule has 0 heterocycles. The molecule has 2 nitrogen and oxygen atoms in total. The Balaban J connectivity index is 0.00000128. The number of ether oxygens (including phenoxy) is 1. The van der Waals surface area contributed by atoms with E-state index in [2.05, 4.69) is 0 Å². The highest BCUT2D eigenvalue weighted by Crippen LogP contribution is 2.28. The van der Waals surface area contributed by atoms with Gasteiger partial charge in [-0.2, -0.15) is 0 Å². The zero-order valence-electron chi connectivity index (χ0n) is 8.39. The first-order valence-corrected chi connectivity index (χ1v) is 4.91. The molecule has 0 unspecified atom stereocenters.